The molecule has 0 aromatic carbocycles. The SMILES string of the molecule is CCC1CCCC(NS(=O)(=O)c2cc([N+](=O)[O-])c(Cl)s2)C1. The first kappa shape index (κ1) is 16.7. The Morgan fingerprint density at radius 2 is 2.24 bits per heavy atom. The Labute approximate surface area is 132 Å². The second-order valence-corrected chi connectivity index (χ2v) is 8.84. The average Bonchev–Trinajstić information content (AvgIpc) is 2.81. The first-order chi connectivity index (χ1) is 9.83. The molecule has 1 N–H and O–H groups in total. The van der Waals surface area contributed by atoms with Crippen molar-refractivity contribution in [3.05, 3.63) is 20.5 Å². The van der Waals surface area contributed by atoms with Crippen molar-refractivity contribution in [3.8, 4) is 0 Å². The number of rotatable bonds is 5. The Hall–Kier alpha value is -0.700. The lowest BCUT2D eigenvalue weighted by Crippen LogP contribution is -2.38. The van der Waals surface area contributed by atoms with Crippen LogP contribution in [0, 0.1) is 16.0 Å². The molecule has 2 atom stereocenters. The van der Waals surface area contributed by atoms with E-state index >= 15 is 0 Å². The quantitative estimate of drug-likeness (QED) is 0.648. The smallest absolute Gasteiger partial charge is 0.258 e. The molecule has 0 radical (unpaired) electrons. The highest BCUT2D eigenvalue weighted by molar-refractivity contribution is 7.91. The van der Waals surface area contributed by atoms with Crippen molar-refractivity contribution in [2.24, 2.45) is 5.92 Å². The highest BCUT2D eigenvalue weighted by Crippen LogP contribution is 2.36. The minimum atomic E-state index is -3.75. The largest absolute Gasteiger partial charge is 0.300 e. The number of thiophene rings is 1. The Morgan fingerprint density at radius 3 is 2.81 bits per heavy atom. The van der Waals surface area contributed by atoms with Crippen molar-refractivity contribution < 1.29 is 13.3 Å². The maximum atomic E-state index is 12.3. The number of hydrogen-bond acceptors (Lipinski definition) is 5. The Morgan fingerprint density at radius 1 is 1.52 bits per heavy atom. The third kappa shape index (κ3) is 3.94. The van der Waals surface area contributed by atoms with Gasteiger partial charge in [0, 0.05) is 12.1 Å². The van der Waals surface area contributed by atoms with Gasteiger partial charge in [0.15, 0.2) is 4.34 Å². The molecule has 118 valence electrons. The first-order valence-electron chi connectivity index (χ1n) is 6.79. The number of nitrogens with one attached hydrogen (secondary N) is 1. The lowest BCUT2D eigenvalue weighted by molar-refractivity contribution is -0.384. The fourth-order valence-corrected chi connectivity index (χ4v) is 5.61. The summed E-state index contributed by atoms with van der Waals surface area (Å²) in [7, 11) is -3.75. The predicted octanol–water partition coefficient (Wildman–Crippen LogP) is 3.56. The van der Waals surface area contributed by atoms with E-state index in [4.69, 9.17) is 11.6 Å². The first-order valence-corrected chi connectivity index (χ1v) is 9.47. The summed E-state index contributed by atoms with van der Waals surface area (Å²) in [4.78, 5) is 10.1. The van der Waals surface area contributed by atoms with Crippen LogP contribution >= 0.6 is 22.9 Å². The van der Waals surface area contributed by atoms with Gasteiger partial charge in [-0.05, 0) is 18.8 Å². The fourth-order valence-electron chi connectivity index (χ4n) is 2.64. The molecule has 0 amide bonds. The van der Waals surface area contributed by atoms with Gasteiger partial charge in [0.2, 0.25) is 0 Å². The van der Waals surface area contributed by atoms with Gasteiger partial charge < -0.3 is 0 Å². The molecule has 1 aliphatic rings. The van der Waals surface area contributed by atoms with Crippen LogP contribution in [-0.2, 0) is 10.0 Å². The van der Waals surface area contributed by atoms with E-state index in [0.29, 0.717) is 5.92 Å². The maximum Gasteiger partial charge on any atom is 0.300 e. The van der Waals surface area contributed by atoms with Gasteiger partial charge in [-0.3, -0.25) is 10.1 Å². The van der Waals surface area contributed by atoms with E-state index < -0.39 is 14.9 Å². The van der Waals surface area contributed by atoms with Crippen LogP contribution in [0.5, 0.6) is 0 Å². The molecule has 1 aliphatic carbocycles. The monoisotopic (exact) mass is 352 g/mol. The van der Waals surface area contributed by atoms with Crippen LogP contribution in [0.4, 0.5) is 5.69 Å². The van der Waals surface area contributed by atoms with Gasteiger partial charge in [-0.1, -0.05) is 37.8 Å². The van der Waals surface area contributed by atoms with Gasteiger partial charge in [-0.2, -0.15) is 0 Å². The second-order valence-electron chi connectivity index (χ2n) is 5.24. The van der Waals surface area contributed by atoms with Crippen molar-refractivity contribution in [3.63, 3.8) is 0 Å². The Balaban J connectivity index is 2.15. The topological polar surface area (TPSA) is 89.3 Å². The van der Waals surface area contributed by atoms with Crippen LogP contribution in [0.1, 0.15) is 39.0 Å². The summed E-state index contributed by atoms with van der Waals surface area (Å²) in [5.41, 5.74) is -0.364. The molecule has 0 aliphatic heterocycles. The molecule has 0 saturated heterocycles. The van der Waals surface area contributed by atoms with E-state index in [9.17, 15) is 18.5 Å². The van der Waals surface area contributed by atoms with Gasteiger partial charge in [-0.25, -0.2) is 13.1 Å². The van der Waals surface area contributed by atoms with Crippen molar-refractivity contribution >= 4 is 38.6 Å². The summed E-state index contributed by atoms with van der Waals surface area (Å²) in [5.74, 6) is 0.535. The molecule has 1 heterocycles. The summed E-state index contributed by atoms with van der Waals surface area (Å²) >= 11 is 6.44. The van der Waals surface area contributed by atoms with Gasteiger partial charge in [0.1, 0.15) is 4.21 Å². The summed E-state index contributed by atoms with van der Waals surface area (Å²) in [5, 5.41) is 10.7. The van der Waals surface area contributed by atoms with E-state index in [1.165, 1.54) is 0 Å². The van der Waals surface area contributed by atoms with Crippen molar-refractivity contribution in [2.75, 3.05) is 0 Å². The van der Waals surface area contributed by atoms with Crippen LogP contribution < -0.4 is 4.72 Å². The van der Waals surface area contributed by atoms with Gasteiger partial charge >= 0.3 is 0 Å². The van der Waals surface area contributed by atoms with Crippen LogP contribution in [0.3, 0.4) is 0 Å². The number of hydrogen-bond donors (Lipinski definition) is 1. The maximum absolute atomic E-state index is 12.3. The normalized spacial score (nSPS) is 23.1. The average molecular weight is 353 g/mol. The lowest BCUT2D eigenvalue weighted by Gasteiger charge is -2.28. The standard InChI is InChI=1S/C12H17ClN2O4S2/c1-2-8-4-3-5-9(6-8)14-21(18,19)11-7-10(15(16)17)12(13)20-11/h7-9,14H,2-6H2,1H3. The van der Waals surface area contributed by atoms with Crippen LogP contribution in [0.15, 0.2) is 10.3 Å². The Kier molecular flexibility index (Phi) is 5.24. The van der Waals surface area contributed by atoms with E-state index in [1.54, 1.807) is 0 Å². The zero-order chi connectivity index (χ0) is 15.6. The molecule has 0 bridgehead atoms. The van der Waals surface area contributed by atoms with Gasteiger partial charge in [-0.15, -0.1) is 11.3 Å². The molecule has 6 nitrogen and oxygen atoms in total. The summed E-state index contributed by atoms with van der Waals surface area (Å²) in [6.07, 6.45) is 4.78. The molecule has 1 aromatic heterocycles. The van der Waals surface area contributed by atoms with E-state index in [2.05, 4.69) is 11.6 Å². The highest BCUT2D eigenvalue weighted by Gasteiger charge is 2.29. The van der Waals surface area contributed by atoms with Crippen LogP contribution in [0.2, 0.25) is 4.34 Å². The third-order valence-electron chi connectivity index (χ3n) is 3.79. The summed E-state index contributed by atoms with van der Waals surface area (Å²) < 4.78 is 27.0. The van der Waals surface area contributed by atoms with Crippen molar-refractivity contribution in [1.82, 2.24) is 4.72 Å². The molecule has 1 fully saturated rings. The summed E-state index contributed by atoms with van der Waals surface area (Å²) in [6.45, 7) is 2.10. The van der Waals surface area contributed by atoms with E-state index in [1.807, 2.05) is 0 Å². The highest BCUT2D eigenvalue weighted by atomic mass is 35.5. The van der Waals surface area contributed by atoms with E-state index in [-0.39, 0.29) is 20.3 Å². The second kappa shape index (κ2) is 6.60. The van der Waals surface area contributed by atoms with Gasteiger partial charge in [0.25, 0.3) is 15.7 Å². The van der Waals surface area contributed by atoms with Crippen molar-refractivity contribution in [2.45, 2.75) is 49.3 Å². The predicted molar refractivity (Wildman–Crippen MR) is 82.3 cm³/mol. The number of nitrogens with zero attached hydrogens (tertiary/aromatic N) is 1. The molecule has 0 spiro atoms. The summed E-state index contributed by atoms with van der Waals surface area (Å²) in [6, 6.07) is 0.920. The molecular weight excluding hydrogens is 336 g/mol. The number of nitro groups is 1. The zero-order valence-corrected chi connectivity index (χ0v) is 13.9. The van der Waals surface area contributed by atoms with Crippen molar-refractivity contribution in [1.29, 1.82) is 0 Å². The molecule has 9 heteroatoms. The molecule has 2 rings (SSSR count). The molecule has 2 unspecified atom stereocenters. The molecule has 21 heavy (non-hydrogen) atoms. The Bertz CT molecular complexity index is 629. The molecule has 1 aromatic rings. The van der Waals surface area contributed by atoms with Crippen LogP contribution in [-0.4, -0.2) is 19.4 Å². The zero-order valence-electron chi connectivity index (χ0n) is 11.5. The number of halogens is 1. The third-order valence-corrected chi connectivity index (χ3v) is 7.12. The molecular formula is C12H17ClN2O4S2. The lowest BCUT2D eigenvalue weighted by atomic mass is 9.85. The number of sulfonamides is 1. The van der Waals surface area contributed by atoms with Gasteiger partial charge in [0.05, 0.1) is 4.92 Å². The van der Waals surface area contributed by atoms with Crippen LogP contribution in [0.25, 0.3) is 0 Å². The minimum absolute atomic E-state index is 0.0992. The minimum Gasteiger partial charge on any atom is -0.258 e. The molecule has 1 saturated carbocycles. The fraction of sp³-hybridized carbons (Fsp3) is 0.667. The van der Waals surface area contributed by atoms with E-state index in [0.717, 1.165) is 49.5 Å².